The van der Waals surface area contributed by atoms with Crippen LogP contribution < -0.4 is 0 Å². The summed E-state index contributed by atoms with van der Waals surface area (Å²) in [6.07, 6.45) is 2.48. The van der Waals surface area contributed by atoms with Crippen LogP contribution in [0.2, 0.25) is 0 Å². The van der Waals surface area contributed by atoms with E-state index in [0.29, 0.717) is 11.3 Å². The van der Waals surface area contributed by atoms with Gasteiger partial charge in [-0.2, -0.15) is 0 Å². The Morgan fingerprint density at radius 2 is 1.59 bits per heavy atom. The fraction of sp³-hybridized carbons (Fsp3) is 0.394. The maximum absolute atomic E-state index is 13.4. The van der Waals surface area contributed by atoms with Crippen LogP contribution in [0.4, 0.5) is 0 Å². The summed E-state index contributed by atoms with van der Waals surface area (Å²) < 4.78 is 2.27. The third kappa shape index (κ3) is 5.11. The first kappa shape index (κ1) is 27.1. The summed E-state index contributed by atoms with van der Waals surface area (Å²) in [6.45, 7) is 12.8. The highest BCUT2D eigenvalue weighted by atomic mass is 16.7. The predicted molar refractivity (Wildman–Crippen MR) is 159 cm³/mol. The van der Waals surface area contributed by atoms with Gasteiger partial charge in [-0.25, -0.2) is 0 Å². The third-order valence-corrected chi connectivity index (χ3v) is 8.32. The van der Waals surface area contributed by atoms with Crippen molar-refractivity contribution in [1.82, 2.24) is 9.47 Å². The summed E-state index contributed by atoms with van der Waals surface area (Å²) in [5.74, 6) is 0.0278. The number of hydrogen-bond acceptors (Lipinski definition) is 5. The lowest BCUT2D eigenvalue weighted by molar-refractivity contribution is -0.178. The molecule has 5 rings (SSSR count). The van der Waals surface area contributed by atoms with Crippen molar-refractivity contribution < 1.29 is 14.7 Å². The molecule has 6 heteroatoms. The first-order valence-corrected chi connectivity index (χ1v) is 14.0. The van der Waals surface area contributed by atoms with Crippen molar-refractivity contribution in [2.45, 2.75) is 72.3 Å². The van der Waals surface area contributed by atoms with Crippen molar-refractivity contribution in [3.63, 3.8) is 0 Å². The first-order chi connectivity index (χ1) is 18.7. The van der Waals surface area contributed by atoms with Crippen molar-refractivity contribution in [2.75, 3.05) is 13.1 Å². The SMILES string of the molecule is CCn1c2ccc(C(=O)c3ccccc3C)cc2c2cc(/C(C)=N/OC(O)C(C)(C)N3CCCCC3)ccc21. The molecule has 39 heavy (non-hydrogen) atoms. The summed E-state index contributed by atoms with van der Waals surface area (Å²) in [5, 5.41) is 17.3. The van der Waals surface area contributed by atoms with Gasteiger partial charge >= 0.3 is 0 Å². The van der Waals surface area contributed by atoms with E-state index < -0.39 is 11.8 Å². The Morgan fingerprint density at radius 3 is 2.23 bits per heavy atom. The molecule has 1 unspecified atom stereocenters. The van der Waals surface area contributed by atoms with Gasteiger partial charge in [-0.1, -0.05) is 41.9 Å². The molecule has 0 radical (unpaired) electrons. The largest absolute Gasteiger partial charge is 0.362 e. The van der Waals surface area contributed by atoms with Crippen LogP contribution in [0.15, 0.2) is 65.8 Å². The van der Waals surface area contributed by atoms with Crippen molar-refractivity contribution in [1.29, 1.82) is 0 Å². The summed E-state index contributed by atoms with van der Waals surface area (Å²) in [5.41, 5.74) is 5.65. The number of likely N-dealkylation sites (tertiary alicyclic amines) is 1. The molecule has 204 valence electrons. The van der Waals surface area contributed by atoms with Gasteiger partial charge < -0.3 is 14.5 Å². The molecule has 1 aliphatic heterocycles. The number of rotatable bonds is 8. The molecule has 1 atom stereocenters. The van der Waals surface area contributed by atoms with E-state index in [9.17, 15) is 9.90 Å². The summed E-state index contributed by atoms with van der Waals surface area (Å²) in [7, 11) is 0. The minimum absolute atomic E-state index is 0.0278. The van der Waals surface area contributed by atoms with Gasteiger partial charge in [-0.15, -0.1) is 0 Å². The molecule has 3 aromatic carbocycles. The molecule has 6 nitrogen and oxygen atoms in total. The zero-order valence-electron chi connectivity index (χ0n) is 23.7. The van der Waals surface area contributed by atoms with Crippen LogP contribution >= 0.6 is 0 Å². The number of oxime groups is 1. The summed E-state index contributed by atoms with van der Waals surface area (Å²) in [6, 6.07) is 19.9. The van der Waals surface area contributed by atoms with Crippen LogP contribution in [0.1, 0.15) is 74.0 Å². The van der Waals surface area contributed by atoms with E-state index in [1.54, 1.807) is 0 Å². The van der Waals surface area contributed by atoms with E-state index in [-0.39, 0.29) is 5.78 Å². The number of aryl methyl sites for hydroxylation is 2. The fourth-order valence-corrected chi connectivity index (χ4v) is 5.73. The Bertz CT molecular complexity index is 1540. The zero-order valence-corrected chi connectivity index (χ0v) is 23.7. The number of benzene rings is 3. The van der Waals surface area contributed by atoms with Gasteiger partial charge in [0.2, 0.25) is 6.29 Å². The van der Waals surface area contributed by atoms with Crippen molar-refractivity contribution >= 4 is 33.3 Å². The number of aromatic nitrogens is 1. The molecule has 0 saturated carbocycles. The zero-order chi connectivity index (χ0) is 27.7. The number of nitrogens with zero attached hydrogens (tertiary/aromatic N) is 3. The number of ketones is 1. The molecule has 1 N–H and O–H groups in total. The number of fused-ring (bicyclic) bond motifs is 3. The Hall–Kier alpha value is -3.48. The second-order valence-corrected chi connectivity index (χ2v) is 11.2. The smallest absolute Gasteiger partial charge is 0.242 e. The minimum Gasteiger partial charge on any atom is -0.362 e. The maximum atomic E-state index is 13.4. The van der Waals surface area contributed by atoms with Crippen LogP contribution in [0.25, 0.3) is 21.8 Å². The Morgan fingerprint density at radius 1 is 0.974 bits per heavy atom. The third-order valence-electron chi connectivity index (χ3n) is 8.32. The molecule has 1 aliphatic rings. The van der Waals surface area contributed by atoms with Crippen molar-refractivity contribution in [2.24, 2.45) is 5.16 Å². The number of carbonyl (C=O) groups is 1. The molecule has 4 aromatic rings. The Balaban J connectivity index is 1.48. The van der Waals surface area contributed by atoms with Gasteiger partial charge in [0.05, 0.1) is 11.3 Å². The molecule has 0 aliphatic carbocycles. The lowest BCUT2D eigenvalue weighted by Crippen LogP contribution is -2.54. The van der Waals surface area contributed by atoms with Gasteiger partial charge in [0, 0.05) is 39.5 Å². The average molecular weight is 526 g/mol. The predicted octanol–water partition coefficient (Wildman–Crippen LogP) is 6.68. The fourth-order valence-electron chi connectivity index (χ4n) is 5.73. The van der Waals surface area contributed by atoms with Crippen LogP contribution in [0, 0.1) is 6.92 Å². The second-order valence-electron chi connectivity index (χ2n) is 11.2. The van der Waals surface area contributed by atoms with Gasteiger partial charge in [-0.3, -0.25) is 9.69 Å². The quantitative estimate of drug-likeness (QED) is 0.121. The maximum Gasteiger partial charge on any atom is 0.242 e. The van der Waals surface area contributed by atoms with E-state index in [4.69, 9.17) is 4.84 Å². The monoisotopic (exact) mass is 525 g/mol. The molecule has 0 bridgehead atoms. The molecule has 2 heterocycles. The van der Waals surface area contributed by atoms with E-state index in [1.165, 1.54) is 6.42 Å². The Kier molecular flexibility index (Phi) is 7.61. The van der Waals surface area contributed by atoms with Crippen LogP contribution in [0.3, 0.4) is 0 Å². The molecule has 0 spiro atoms. The van der Waals surface area contributed by atoms with Crippen molar-refractivity contribution in [3.8, 4) is 0 Å². The first-order valence-electron chi connectivity index (χ1n) is 14.0. The molecule has 0 amide bonds. The lowest BCUT2D eigenvalue weighted by atomic mass is 9.97. The number of carbonyl (C=O) groups excluding carboxylic acids is 1. The standard InChI is InChI=1S/C33H39N3O3/c1-6-36-29-16-14-24(23(3)34-39-32(38)33(4,5)35-18-10-7-11-19-35)20-27(29)28-21-25(15-17-30(28)36)31(37)26-13-9-8-12-22(26)2/h8-9,12-17,20-21,32,38H,6-7,10-11,18-19H2,1-5H3/b34-23+. The molecule has 1 fully saturated rings. The lowest BCUT2D eigenvalue weighted by Gasteiger charge is -2.42. The van der Waals surface area contributed by atoms with Crippen LogP contribution in [-0.2, 0) is 11.4 Å². The van der Waals surface area contributed by atoms with E-state index in [0.717, 1.165) is 71.0 Å². The van der Waals surface area contributed by atoms with Gasteiger partial charge in [0.25, 0.3) is 0 Å². The van der Waals surface area contributed by atoms with Gasteiger partial charge in [0.15, 0.2) is 5.78 Å². The topological polar surface area (TPSA) is 67.1 Å². The number of aliphatic hydroxyl groups is 1. The summed E-state index contributed by atoms with van der Waals surface area (Å²) >= 11 is 0. The van der Waals surface area contributed by atoms with E-state index in [1.807, 2.05) is 76.2 Å². The van der Waals surface area contributed by atoms with Gasteiger partial charge in [0.1, 0.15) is 0 Å². The van der Waals surface area contributed by atoms with Crippen LogP contribution in [-0.4, -0.2) is 51.0 Å². The highest BCUT2D eigenvalue weighted by Crippen LogP contribution is 2.32. The summed E-state index contributed by atoms with van der Waals surface area (Å²) in [4.78, 5) is 21.3. The highest BCUT2D eigenvalue weighted by molar-refractivity contribution is 6.16. The Labute approximate surface area is 230 Å². The minimum atomic E-state index is -1.04. The molecular formula is C33H39N3O3. The number of hydrogen-bond donors (Lipinski definition) is 1. The number of piperidine rings is 1. The van der Waals surface area contributed by atoms with Crippen LogP contribution in [0.5, 0.6) is 0 Å². The van der Waals surface area contributed by atoms with E-state index in [2.05, 4.69) is 33.7 Å². The van der Waals surface area contributed by atoms with E-state index >= 15 is 0 Å². The normalized spacial score (nSPS) is 16.1. The van der Waals surface area contributed by atoms with Gasteiger partial charge in [-0.05, 0) is 102 Å². The highest BCUT2D eigenvalue weighted by Gasteiger charge is 2.37. The molecule has 1 aromatic heterocycles. The second kappa shape index (κ2) is 10.9. The average Bonchev–Trinajstić information content (AvgIpc) is 3.28. The number of aliphatic hydroxyl groups excluding tert-OH is 1. The molecule has 1 saturated heterocycles. The van der Waals surface area contributed by atoms with Crippen molar-refractivity contribution in [3.05, 3.63) is 82.9 Å². The molecular weight excluding hydrogens is 486 g/mol.